The first-order chi connectivity index (χ1) is 11.7. The topological polar surface area (TPSA) is 51.1 Å². The molecule has 7 heteroatoms. The number of hydrogen-bond donors (Lipinski definition) is 0. The third kappa shape index (κ3) is 2.79. The van der Waals surface area contributed by atoms with Crippen LogP contribution in [0, 0.1) is 5.95 Å². The Balaban J connectivity index is 1.90. The van der Waals surface area contributed by atoms with Crippen molar-refractivity contribution in [1.29, 1.82) is 0 Å². The summed E-state index contributed by atoms with van der Waals surface area (Å²) in [6.45, 7) is 2.82. The first kappa shape index (κ1) is 15.2. The number of nitrogens with zero attached hydrogens (tertiary/aromatic N) is 4. The lowest BCUT2D eigenvalue weighted by molar-refractivity contribution is 0.122. The summed E-state index contributed by atoms with van der Waals surface area (Å²) in [7, 11) is 0. The highest BCUT2D eigenvalue weighted by Crippen LogP contribution is 2.32. The Bertz CT molecular complexity index is 882. The van der Waals surface area contributed by atoms with Gasteiger partial charge in [0.25, 0.3) is 0 Å². The van der Waals surface area contributed by atoms with E-state index in [1.807, 2.05) is 18.2 Å². The first-order valence-electron chi connectivity index (χ1n) is 7.63. The molecule has 3 aromatic rings. The number of pyridine rings is 1. The van der Waals surface area contributed by atoms with Gasteiger partial charge in [-0.2, -0.15) is 9.37 Å². The third-order valence-electron chi connectivity index (χ3n) is 4.03. The number of benzene rings is 1. The number of para-hydroxylation sites is 1. The molecule has 0 bridgehead atoms. The Labute approximate surface area is 143 Å². The van der Waals surface area contributed by atoms with Gasteiger partial charge >= 0.3 is 0 Å². The van der Waals surface area contributed by atoms with Crippen molar-refractivity contribution in [2.24, 2.45) is 0 Å². The fourth-order valence-electron chi connectivity index (χ4n) is 2.89. The summed E-state index contributed by atoms with van der Waals surface area (Å²) in [4.78, 5) is 14.7. The van der Waals surface area contributed by atoms with Crippen LogP contribution in [0.1, 0.15) is 0 Å². The summed E-state index contributed by atoms with van der Waals surface area (Å²) in [5.74, 6) is 0.283. The highest BCUT2D eigenvalue weighted by atomic mass is 35.5. The lowest BCUT2D eigenvalue weighted by Crippen LogP contribution is -2.37. The fourth-order valence-corrected chi connectivity index (χ4v) is 3.06. The maximum atomic E-state index is 13.1. The van der Waals surface area contributed by atoms with Crippen LogP contribution in [-0.4, -0.2) is 41.3 Å². The normalized spacial score (nSPS) is 15.0. The number of rotatable bonds is 2. The summed E-state index contributed by atoms with van der Waals surface area (Å²) >= 11 is 6.17. The second-order valence-corrected chi connectivity index (χ2v) is 5.83. The largest absolute Gasteiger partial charge is 0.378 e. The molecule has 1 aliphatic rings. The summed E-state index contributed by atoms with van der Waals surface area (Å²) in [6.07, 6.45) is 1.49. The third-order valence-corrected chi connectivity index (χ3v) is 4.20. The van der Waals surface area contributed by atoms with Crippen LogP contribution in [0.3, 0.4) is 0 Å². The van der Waals surface area contributed by atoms with Crippen molar-refractivity contribution in [2.45, 2.75) is 0 Å². The van der Waals surface area contributed by atoms with Crippen LogP contribution in [-0.2, 0) is 4.74 Å². The molecule has 122 valence electrons. The zero-order valence-corrected chi connectivity index (χ0v) is 13.5. The SMILES string of the molecule is Fc1ccc(-c2cccc3c(N4CCOCC4)nc(Cl)nc23)cn1. The van der Waals surface area contributed by atoms with Gasteiger partial charge in [0, 0.05) is 35.8 Å². The zero-order chi connectivity index (χ0) is 16.5. The van der Waals surface area contributed by atoms with Gasteiger partial charge in [0.05, 0.1) is 18.7 Å². The van der Waals surface area contributed by atoms with Crippen molar-refractivity contribution in [3.63, 3.8) is 0 Å². The van der Waals surface area contributed by atoms with Gasteiger partial charge in [0.2, 0.25) is 11.2 Å². The van der Waals surface area contributed by atoms with E-state index in [0.29, 0.717) is 13.2 Å². The van der Waals surface area contributed by atoms with E-state index in [9.17, 15) is 4.39 Å². The summed E-state index contributed by atoms with van der Waals surface area (Å²) in [6, 6.07) is 8.84. The smallest absolute Gasteiger partial charge is 0.224 e. The standard InChI is InChI=1S/C17H14ClFN4O/c18-17-21-15-12(11-4-5-14(19)20-10-11)2-1-3-13(15)16(22-17)23-6-8-24-9-7-23/h1-5,10H,6-9H2. The van der Waals surface area contributed by atoms with Gasteiger partial charge in [-0.25, -0.2) is 9.97 Å². The van der Waals surface area contributed by atoms with Crippen LogP contribution in [0.25, 0.3) is 22.0 Å². The Morgan fingerprint density at radius 3 is 2.67 bits per heavy atom. The lowest BCUT2D eigenvalue weighted by Gasteiger charge is -2.28. The van der Waals surface area contributed by atoms with E-state index in [1.165, 1.54) is 12.3 Å². The second kappa shape index (κ2) is 6.30. The van der Waals surface area contributed by atoms with Crippen LogP contribution < -0.4 is 4.90 Å². The first-order valence-corrected chi connectivity index (χ1v) is 8.01. The summed E-state index contributed by atoms with van der Waals surface area (Å²) in [5, 5.41) is 1.09. The van der Waals surface area contributed by atoms with Crippen molar-refractivity contribution in [3.8, 4) is 11.1 Å². The number of hydrogen-bond acceptors (Lipinski definition) is 5. The van der Waals surface area contributed by atoms with Crippen LogP contribution in [0.4, 0.5) is 10.2 Å². The zero-order valence-electron chi connectivity index (χ0n) is 12.7. The fraction of sp³-hybridized carbons (Fsp3) is 0.235. The minimum absolute atomic E-state index is 0.187. The molecule has 5 nitrogen and oxygen atoms in total. The molecule has 4 rings (SSSR count). The van der Waals surface area contributed by atoms with E-state index in [2.05, 4.69) is 19.9 Å². The molecule has 0 unspecified atom stereocenters. The molecule has 0 radical (unpaired) electrons. The van der Waals surface area contributed by atoms with Crippen molar-refractivity contribution in [2.75, 3.05) is 31.2 Å². The van der Waals surface area contributed by atoms with Gasteiger partial charge in [-0.3, -0.25) is 0 Å². The van der Waals surface area contributed by atoms with Crippen LogP contribution in [0.2, 0.25) is 5.28 Å². The van der Waals surface area contributed by atoms with E-state index < -0.39 is 5.95 Å². The van der Waals surface area contributed by atoms with E-state index in [4.69, 9.17) is 16.3 Å². The molecule has 2 aromatic heterocycles. The molecule has 1 fully saturated rings. The van der Waals surface area contributed by atoms with E-state index in [-0.39, 0.29) is 5.28 Å². The molecule has 1 aliphatic heterocycles. The molecular formula is C17H14ClFN4O. The van der Waals surface area contributed by atoms with Gasteiger partial charge in [-0.15, -0.1) is 0 Å². The van der Waals surface area contributed by atoms with Crippen molar-refractivity contribution >= 4 is 28.3 Å². The monoisotopic (exact) mass is 344 g/mol. The van der Waals surface area contributed by atoms with E-state index in [0.717, 1.165) is 40.9 Å². The van der Waals surface area contributed by atoms with Crippen LogP contribution in [0.15, 0.2) is 36.5 Å². The number of aromatic nitrogens is 3. The molecule has 1 aromatic carbocycles. The number of anilines is 1. The molecule has 0 aliphatic carbocycles. The highest BCUT2D eigenvalue weighted by Gasteiger charge is 2.18. The average Bonchev–Trinajstić information content (AvgIpc) is 2.62. The number of halogens is 2. The number of fused-ring (bicyclic) bond motifs is 1. The van der Waals surface area contributed by atoms with Crippen LogP contribution in [0.5, 0.6) is 0 Å². The maximum absolute atomic E-state index is 13.1. The minimum Gasteiger partial charge on any atom is -0.378 e. The van der Waals surface area contributed by atoms with Gasteiger partial charge in [0.1, 0.15) is 5.82 Å². The Kier molecular flexibility index (Phi) is 4.00. The molecule has 0 spiro atoms. The van der Waals surface area contributed by atoms with Crippen molar-refractivity contribution in [1.82, 2.24) is 15.0 Å². The van der Waals surface area contributed by atoms with Gasteiger partial charge < -0.3 is 9.64 Å². The summed E-state index contributed by atoms with van der Waals surface area (Å²) < 4.78 is 18.5. The van der Waals surface area contributed by atoms with Crippen LogP contribution >= 0.6 is 11.6 Å². The average molecular weight is 345 g/mol. The molecule has 0 atom stereocenters. The maximum Gasteiger partial charge on any atom is 0.224 e. The van der Waals surface area contributed by atoms with Gasteiger partial charge in [-0.05, 0) is 29.8 Å². The second-order valence-electron chi connectivity index (χ2n) is 5.49. The molecule has 0 amide bonds. The predicted molar refractivity (Wildman–Crippen MR) is 90.8 cm³/mol. The molecule has 3 heterocycles. The molecule has 0 N–H and O–H groups in total. The van der Waals surface area contributed by atoms with Crippen molar-refractivity contribution < 1.29 is 9.13 Å². The lowest BCUT2D eigenvalue weighted by atomic mass is 10.0. The number of ether oxygens (including phenoxy) is 1. The van der Waals surface area contributed by atoms with E-state index >= 15 is 0 Å². The Hall–Kier alpha value is -2.31. The quantitative estimate of drug-likeness (QED) is 0.527. The number of morpholine rings is 1. The van der Waals surface area contributed by atoms with Gasteiger partial charge in [-0.1, -0.05) is 12.1 Å². The Morgan fingerprint density at radius 1 is 1.08 bits per heavy atom. The van der Waals surface area contributed by atoms with Crippen molar-refractivity contribution in [3.05, 3.63) is 47.8 Å². The molecule has 0 saturated carbocycles. The molecule has 1 saturated heterocycles. The molecular weight excluding hydrogens is 331 g/mol. The van der Waals surface area contributed by atoms with E-state index in [1.54, 1.807) is 6.07 Å². The molecule has 24 heavy (non-hydrogen) atoms. The highest BCUT2D eigenvalue weighted by molar-refractivity contribution is 6.29. The predicted octanol–water partition coefficient (Wildman–Crippen LogP) is 3.32. The minimum atomic E-state index is -0.513. The van der Waals surface area contributed by atoms with Gasteiger partial charge in [0.15, 0.2) is 0 Å². The Morgan fingerprint density at radius 2 is 1.92 bits per heavy atom. The summed E-state index contributed by atoms with van der Waals surface area (Å²) in [5.41, 5.74) is 2.36.